The number of carbonyl (C=O) groups is 1. The minimum atomic E-state index is -0.295. The van der Waals surface area contributed by atoms with Gasteiger partial charge < -0.3 is 10.6 Å². The molecule has 0 atom stereocenters. The van der Waals surface area contributed by atoms with Crippen molar-refractivity contribution < 1.29 is 9.18 Å². The Labute approximate surface area is 116 Å². The van der Waals surface area contributed by atoms with E-state index in [0.29, 0.717) is 24.5 Å². The molecule has 1 amide bonds. The van der Waals surface area contributed by atoms with Crippen molar-refractivity contribution >= 4 is 11.6 Å². The SMILES string of the molecule is CCn1ncc(N)c1C(=O)N(C)Cc1ccc(F)cc1. The molecule has 2 rings (SSSR count). The number of nitrogens with zero attached hydrogens (tertiary/aromatic N) is 3. The van der Waals surface area contributed by atoms with Gasteiger partial charge in [0.1, 0.15) is 11.5 Å². The second-order valence-corrected chi connectivity index (χ2v) is 4.55. The number of halogens is 1. The van der Waals surface area contributed by atoms with Crippen molar-refractivity contribution in [2.45, 2.75) is 20.0 Å². The first-order valence-electron chi connectivity index (χ1n) is 6.34. The fourth-order valence-electron chi connectivity index (χ4n) is 1.99. The smallest absolute Gasteiger partial charge is 0.274 e. The fraction of sp³-hybridized carbons (Fsp3) is 0.286. The maximum absolute atomic E-state index is 12.8. The number of anilines is 1. The molecule has 0 saturated carbocycles. The Kier molecular flexibility index (Phi) is 4.02. The summed E-state index contributed by atoms with van der Waals surface area (Å²) < 4.78 is 14.4. The van der Waals surface area contributed by atoms with Gasteiger partial charge >= 0.3 is 0 Å². The van der Waals surface area contributed by atoms with Gasteiger partial charge in [-0.1, -0.05) is 12.1 Å². The van der Waals surface area contributed by atoms with Gasteiger partial charge in [-0.3, -0.25) is 9.48 Å². The summed E-state index contributed by atoms with van der Waals surface area (Å²) in [4.78, 5) is 13.9. The third-order valence-corrected chi connectivity index (χ3v) is 3.05. The molecule has 20 heavy (non-hydrogen) atoms. The Morgan fingerprint density at radius 2 is 2.05 bits per heavy atom. The van der Waals surface area contributed by atoms with Gasteiger partial charge in [0.2, 0.25) is 0 Å². The number of rotatable bonds is 4. The van der Waals surface area contributed by atoms with Crippen LogP contribution in [0.5, 0.6) is 0 Å². The van der Waals surface area contributed by atoms with Crippen molar-refractivity contribution in [2.24, 2.45) is 0 Å². The van der Waals surface area contributed by atoms with Crippen LogP contribution in [0.15, 0.2) is 30.5 Å². The summed E-state index contributed by atoms with van der Waals surface area (Å²) in [6.07, 6.45) is 1.47. The first-order valence-corrected chi connectivity index (χ1v) is 6.34. The molecule has 106 valence electrons. The molecule has 0 fully saturated rings. The van der Waals surface area contributed by atoms with Crippen LogP contribution >= 0.6 is 0 Å². The second kappa shape index (κ2) is 5.73. The molecular weight excluding hydrogens is 259 g/mol. The van der Waals surface area contributed by atoms with E-state index >= 15 is 0 Å². The zero-order chi connectivity index (χ0) is 14.7. The molecule has 2 N–H and O–H groups in total. The average Bonchev–Trinajstić information content (AvgIpc) is 2.81. The minimum Gasteiger partial charge on any atom is -0.396 e. The molecule has 1 aromatic carbocycles. The molecule has 5 nitrogen and oxygen atoms in total. The molecule has 1 heterocycles. The number of hydrogen-bond acceptors (Lipinski definition) is 3. The van der Waals surface area contributed by atoms with E-state index in [4.69, 9.17) is 5.73 Å². The van der Waals surface area contributed by atoms with Crippen molar-refractivity contribution in [3.63, 3.8) is 0 Å². The highest BCUT2D eigenvalue weighted by molar-refractivity contribution is 5.97. The van der Waals surface area contributed by atoms with Gasteiger partial charge in [0.05, 0.1) is 11.9 Å². The van der Waals surface area contributed by atoms with Crippen LogP contribution in [0.2, 0.25) is 0 Å². The summed E-state index contributed by atoms with van der Waals surface area (Å²) in [7, 11) is 1.68. The van der Waals surface area contributed by atoms with Crippen LogP contribution in [-0.4, -0.2) is 27.6 Å². The van der Waals surface area contributed by atoms with E-state index < -0.39 is 0 Å². The molecule has 0 spiro atoms. The second-order valence-electron chi connectivity index (χ2n) is 4.55. The molecule has 1 aromatic heterocycles. The molecule has 0 aliphatic heterocycles. The number of carbonyl (C=O) groups excluding carboxylic acids is 1. The summed E-state index contributed by atoms with van der Waals surface area (Å²) in [5.74, 6) is -0.498. The topological polar surface area (TPSA) is 64.2 Å². The highest BCUT2D eigenvalue weighted by atomic mass is 19.1. The Morgan fingerprint density at radius 3 is 2.65 bits per heavy atom. The number of aryl methyl sites for hydroxylation is 1. The van der Waals surface area contributed by atoms with E-state index in [1.54, 1.807) is 23.9 Å². The molecule has 6 heteroatoms. The number of hydrogen-bond donors (Lipinski definition) is 1. The summed E-state index contributed by atoms with van der Waals surface area (Å²) in [6.45, 7) is 2.85. The van der Waals surface area contributed by atoms with Crippen LogP contribution in [0.3, 0.4) is 0 Å². The summed E-state index contributed by atoms with van der Waals surface area (Å²) in [6, 6.07) is 6.05. The zero-order valence-electron chi connectivity index (χ0n) is 11.5. The van der Waals surface area contributed by atoms with E-state index in [2.05, 4.69) is 5.10 Å². The van der Waals surface area contributed by atoms with Crippen molar-refractivity contribution in [1.29, 1.82) is 0 Å². The largest absolute Gasteiger partial charge is 0.396 e. The highest BCUT2D eigenvalue weighted by Crippen LogP contribution is 2.15. The lowest BCUT2D eigenvalue weighted by Gasteiger charge is -2.18. The molecule has 0 aliphatic rings. The van der Waals surface area contributed by atoms with Gasteiger partial charge in [-0.05, 0) is 24.6 Å². The van der Waals surface area contributed by atoms with Crippen LogP contribution in [0, 0.1) is 5.82 Å². The Hall–Kier alpha value is -2.37. The van der Waals surface area contributed by atoms with Crippen molar-refractivity contribution in [3.8, 4) is 0 Å². The van der Waals surface area contributed by atoms with E-state index in [1.165, 1.54) is 23.2 Å². The number of nitrogen functional groups attached to an aromatic ring is 1. The van der Waals surface area contributed by atoms with Crippen LogP contribution in [0.1, 0.15) is 23.0 Å². The predicted octanol–water partition coefficient (Wildman–Crippen LogP) is 1.90. The van der Waals surface area contributed by atoms with E-state index in [-0.39, 0.29) is 11.7 Å². The van der Waals surface area contributed by atoms with Gasteiger partial charge in [0.15, 0.2) is 0 Å². The van der Waals surface area contributed by atoms with Crippen LogP contribution < -0.4 is 5.73 Å². The molecule has 2 aromatic rings. The monoisotopic (exact) mass is 276 g/mol. The van der Waals surface area contributed by atoms with Crippen LogP contribution in [0.25, 0.3) is 0 Å². The van der Waals surface area contributed by atoms with E-state index in [1.807, 2.05) is 6.92 Å². The third kappa shape index (κ3) is 2.79. The number of nitrogens with two attached hydrogens (primary N) is 1. The number of aromatic nitrogens is 2. The van der Waals surface area contributed by atoms with Gasteiger partial charge in [-0.15, -0.1) is 0 Å². The molecule has 0 bridgehead atoms. The highest BCUT2D eigenvalue weighted by Gasteiger charge is 2.20. The van der Waals surface area contributed by atoms with Crippen molar-refractivity contribution in [3.05, 3.63) is 47.5 Å². The lowest BCUT2D eigenvalue weighted by molar-refractivity contribution is 0.0774. The molecule has 0 saturated heterocycles. The Bertz CT molecular complexity index is 606. The van der Waals surface area contributed by atoms with Crippen molar-refractivity contribution in [2.75, 3.05) is 12.8 Å². The Balaban J connectivity index is 2.16. The number of benzene rings is 1. The first-order chi connectivity index (χ1) is 9.52. The fourth-order valence-corrected chi connectivity index (χ4v) is 1.99. The Morgan fingerprint density at radius 1 is 1.40 bits per heavy atom. The van der Waals surface area contributed by atoms with E-state index in [9.17, 15) is 9.18 Å². The standard InChI is InChI=1S/C14H17FN4O/c1-3-19-13(12(16)8-17-19)14(20)18(2)9-10-4-6-11(15)7-5-10/h4-8H,3,9,16H2,1-2H3. The minimum absolute atomic E-state index is 0.203. The molecular formula is C14H17FN4O. The molecule has 0 aliphatic carbocycles. The third-order valence-electron chi connectivity index (χ3n) is 3.05. The van der Waals surface area contributed by atoms with Gasteiger partial charge in [0.25, 0.3) is 5.91 Å². The molecule has 0 unspecified atom stereocenters. The van der Waals surface area contributed by atoms with Gasteiger partial charge in [-0.25, -0.2) is 4.39 Å². The average molecular weight is 276 g/mol. The van der Waals surface area contributed by atoms with Gasteiger partial charge in [0, 0.05) is 20.1 Å². The maximum Gasteiger partial charge on any atom is 0.274 e. The van der Waals surface area contributed by atoms with Crippen molar-refractivity contribution in [1.82, 2.24) is 14.7 Å². The van der Waals surface area contributed by atoms with Gasteiger partial charge in [-0.2, -0.15) is 5.10 Å². The normalized spacial score (nSPS) is 10.6. The van der Waals surface area contributed by atoms with Crippen LogP contribution in [-0.2, 0) is 13.1 Å². The summed E-state index contributed by atoms with van der Waals surface area (Å²) in [5, 5.41) is 4.05. The number of amides is 1. The molecule has 0 radical (unpaired) electrons. The predicted molar refractivity (Wildman–Crippen MR) is 74.5 cm³/mol. The zero-order valence-corrected chi connectivity index (χ0v) is 11.5. The summed E-state index contributed by atoms with van der Waals surface area (Å²) >= 11 is 0. The lowest BCUT2D eigenvalue weighted by Crippen LogP contribution is -2.29. The first kappa shape index (κ1) is 14.0. The van der Waals surface area contributed by atoms with Crippen LogP contribution in [0.4, 0.5) is 10.1 Å². The lowest BCUT2D eigenvalue weighted by atomic mass is 10.2. The summed E-state index contributed by atoms with van der Waals surface area (Å²) in [5.41, 5.74) is 7.39. The quantitative estimate of drug-likeness (QED) is 0.927. The van der Waals surface area contributed by atoms with E-state index in [0.717, 1.165) is 5.56 Å². The maximum atomic E-state index is 12.8.